The second-order valence-electron chi connectivity index (χ2n) is 7.24. The van der Waals surface area contributed by atoms with Crippen molar-refractivity contribution in [2.45, 2.75) is 51.4 Å². The highest BCUT2D eigenvalue weighted by Crippen LogP contribution is 2.32. The highest BCUT2D eigenvalue weighted by Gasteiger charge is 2.45. The summed E-state index contributed by atoms with van der Waals surface area (Å²) in [5.41, 5.74) is 1.53. The Morgan fingerprint density at radius 2 is 2.15 bits per heavy atom. The highest BCUT2D eigenvalue weighted by atomic mass is 19.4. The van der Waals surface area contributed by atoms with Gasteiger partial charge in [-0.05, 0) is 51.8 Å². The lowest BCUT2D eigenvalue weighted by Crippen LogP contribution is -2.41. The number of pyridine rings is 2. The molecular weight excluding hydrogens is 355 g/mol. The molecule has 1 aliphatic heterocycles. The van der Waals surface area contributed by atoms with Crippen molar-refractivity contribution in [3.63, 3.8) is 0 Å². The molecule has 0 radical (unpaired) electrons. The number of likely N-dealkylation sites (tertiary alicyclic amines) is 1. The zero-order valence-electron chi connectivity index (χ0n) is 15.7. The van der Waals surface area contributed by atoms with Crippen molar-refractivity contribution in [3.05, 3.63) is 24.4 Å². The lowest BCUT2D eigenvalue weighted by atomic mass is 10.2. The SMILES string of the molecule is CC(C)Nc1cc(NCCCN2CCCC2C(F)(F)F)c2cccnc2n1. The van der Waals surface area contributed by atoms with Crippen LogP contribution in [0.2, 0.25) is 0 Å². The average Bonchev–Trinajstić information content (AvgIpc) is 3.07. The minimum Gasteiger partial charge on any atom is -0.384 e. The van der Waals surface area contributed by atoms with Crippen LogP contribution in [0.5, 0.6) is 0 Å². The summed E-state index contributed by atoms with van der Waals surface area (Å²) in [5.74, 6) is 0.732. The molecule has 3 heterocycles. The number of halogens is 3. The fourth-order valence-electron chi connectivity index (χ4n) is 3.54. The molecule has 0 aliphatic carbocycles. The maximum Gasteiger partial charge on any atom is 0.404 e. The van der Waals surface area contributed by atoms with Gasteiger partial charge >= 0.3 is 6.18 Å². The van der Waals surface area contributed by atoms with E-state index >= 15 is 0 Å². The van der Waals surface area contributed by atoms with Gasteiger partial charge in [-0.1, -0.05) is 0 Å². The first-order valence-corrected chi connectivity index (χ1v) is 9.41. The molecule has 5 nitrogen and oxygen atoms in total. The summed E-state index contributed by atoms with van der Waals surface area (Å²) in [5, 5.41) is 7.53. The predicted octanol–water partition coefficient (Wildman–Crippen LogP) is 4.28. The van der Waals surface area contributed by atoms with Gasteiger partial charge in [0.15, 0.2) is 5.65 Å². The van der Waals surface area contributed by atoms with E-state index in [4.69, 9.17) is 0 Å². The Kier molecular flexibility index (Phi) is 6.04. The van der Waals surface area contributed by atoms with Crippen LogP contribution < -0.4 is 10.6 Å². The van der Waals surface area contributed by atoms with E-state index in [1.165, 1.54) is 0 Å². The zero-order chi connectivity index (χ0) is 19.4. The van der Waals surface area contributed by atoms with Gasteiger partial charge in [0.2, 0.25) is 0 Å². The standard InChI is InChI=1S/C19H26F3N5/c1-13(2)25-17-12-15(14-6-3-8-24-18(14)26-17)23-9-5-11-27-10-4-7-16(27)19(20,21)22/h3,6,8,12-13,16H,4-5,7,9-11H2,1-2H3,(H2,23,24,25,26). The van der Waals surface area contributed by atoms with Gasteiger partial charge in [0, 0.05) is 42.5 Å². The molecule has 2 aromatic heterocycles. The van der Waals surface area contributed by atoms with Gasteiger partial charge in [-0.3, -0.25) is 4.90 Å². The molecule has 1 unspecified atom stereocenters. The first-order chi connectivity index (χ1) is 12.8. The summed E-state index contributed by atoms with van der Waals surface area (Å²) in [6.07, 6.45) is -0.967. The third kappa shape index (κ3) is 5.00. The molecule has 2 aromatic rings. The monoisotopic (exact) mass is 381 g/mol. The average molecular weight is 381 g/mol. The molecule has 0 amide bonds. The van der Waals surface area contributed by atoms with Crippen molar-refractivity contribution < 1.29 is 13.2 Å². The molecule has 1 aliphatic rings. The van der Waals surface area contributed by atoms with Gasteiger partial charge in [-0.15, -0.1) is 0 Å². The first-order valence-electron chi connectivity index (χ1n) is 9.41. The Bertz CT molecular complexity index is 763. The summed E-state index contributed by atoms with van der Waals surface area (Å²) in [6, 6.07) is 4.67. The van der Waals surface area contributed by atoms with Crippen molar-refractivity contribution in [1.82, 2.24) is 14.9 Å². The van der Waals surface area contributed by atoms with Gasteiger partial charge in [0.25, 0.3) is 0 Å². The van der Waals surface area contributed by atoms with Gasteiger partial charge < -0.3 is 10.6 Å². The number of nitrogens with one attached hydrogen (secondary N) is 2. The van der Waals surface area contributed by atoms with E-state index in [0.29, 0.717) is 38.1 Å². The first kappa shape index (κ1) is 19.7. The smallest absolute Gasteiger partial charge is 0.384 e. The van der Waals surface area contributed by atoms with E-state index in [-0.39, 0.29) is 12.5 Å². The molecular formula is C19H26F3N5. The topological polar surface area (TPSA) is 53.1 Å². The van der Waals surface area contributed by atoms with Gasteiger partial charge in [-0.2, -0.15) is 13.2 Å². The number of alkyl halides is 3. The van der Waals surface area contributed by atoms with Crippen LogP contribution in [0.25, 0.3) is 11.0 Å². The number of aromatic nitrogens is 2. The normalized spacial score (nSPS) is 18.4. The summed E-state index contributed by atoms with van der Waals surface area (Å²) in [7, 11) is 0. The van der Waals surface area contributed by atoms with E-state index < -0.39 is 12.2 Å². The van der Waals surface area contributed by atoms with Crippen LogP contribution in [-0.2, 0) is 0 Å². The number of hydrogen-bond donors (Lipinski definition) is 2. The van der Waals surface area contributed by atoms with E-state index in [2.05, 4.69) is 20.6 Å². The molecule has 148 valence electrons. The molecule has 0 aromatic carbocycles. The van der Waals surface area contributed by atoms with Crippen LogP contribution in [0, 0.1) is 0 Å². The van der Waals surface area contributed by atoms with Gasteiger partial charge in [0.1, 0.15) is 11.9 Å². The largest absolute Gasteiger partial charge is 0.404 e. The van der Waals surface area contributed by atoms with Crippen molar-refractivity contribution >= 4 is 22.5 Å². The van der Waals surface area contributed by atoms with Crippen LogP contribution in [0.1, 0.15) is 33.1 Å². The van der Waals surface area contributed by atoms with E-state index in [9.17, 15) is 13.2 Å². The Hall–Kier alpha value is -2.09. The highest BCUT2D eigenvalue weighted by molar-refractivity contribution is 5.90. The van der Waals surface area contributed by atoms with E-state index in [1.807, 2.05) is 32.0 Å². The maximum absolute atomic E-state index is 13.0. The Morgan fingerprint density at radius 1 is 1.33 bits per heavy atom. The molecule has 27 heavy (non-hydrogen) atoms. The number of hydrogen-bond acceptors (Lipinski definition) is 5. The zero-order valence-corrected chi connectivity index (χ0v) is 15.7. The van der Waals surface area contributed by atoms with E-state index in [0.717, 1.165) is 16.9 Å². The number of fused-ring (bicyclic) bond motifs is 1. The second-order valence-corrected chi connectivity index (χ2v) is 7.24. The molecule has 1 saturated heterocycles. The Labute approximate surface area is 157 Å². The quantitative estimate of drug-likeness (QED) is 0.701. The number of nitrogens with zero attached hydrogens (tertiary/aromatic N) is 3. The van der Waals surface area contributed by atoms with Crippen molar-refractivity contribution in [2.24, 2.45) is 0 Å². The predicted molar refractivity (Wildman–Crippen MR) is 102 cm³/mol. The van der Waals surface area contributed by atoms with Crippen LogP contribution >= 0.6 is 0 Å². The van der Waals surface area contributed by atoms with Gasteiger partial charge in [0.05, 0.1) is 0 Å². The molecule has 0 bridgehead atoms. The number of rotatable bonds is 7. The molecule has 8 heteroatoms. The maximum atomic E-state index is 13.0. The van der Waals surface area contributed by atoms with E-state index in [1.54, 1.807) is 11.1 Å². The third-order valence-electron chi connectivity index (χ3n) is 4.70. The summed E-state index contributed by atoms with van der Waals surface area (Å²) in [4.78, 5) is 10.4. The van der Waals surface area contributed by atoms with Crippen molar-refractivity contribution in [1.29, 1.82) is 0 Å². The molecule has 2 N–H and O–H groups in total. The molecule has 0 spiro atoms. The Morgan fingerprint density at radius 3 is 2.89 bits per heavy atom. The van der Waals surface area contributed by atoms with Gasteiger partial charge in [-0.25, -0.2) is 9.97 Å². The Balaban J connectivity index is 1.63. The molecule has 1 fully saturated rings. The fourth-order valence-corrected chi connectivity index (χ4v) is 3.54. The minimum atomic E-state index is -4.13. The van der Waals surface area contributed by atoms with Crippen molar-refractivity contribution in [2.75, 3.05) is 30.3 Å². The lowest BCUT2D eigenvalue weighted by molar-refractivity contribution is -0.175. The van der Waals surface area contributed by atoms with Crippen LogP contribution in [-0.4, -0.2) is 52.8 Å². The van der Waals surface area contributed by atoms with Crippen LogP contribution in [0.15, 0.2) is 24.4 Å². The van der Waals surface area contributed by atoms with Crippen LogP contribution in [0.4, 0.5) is 24.7 Å². The summed E-state index contributed by atoms with van der Waals surface area (Å²) < 4.78 is 39.1. The summed E-state index contributed by atoms with van der Waals surface area (Å²) in [6.45, 7) is 5.62. The lowest BCUT2D eigenvalue weighted by Gasteiger charge is -2.26. The molecule has 1 atom stereocenters. The fraction of sp³-hybridized carbons (Fsp3) is 0.579. The minimum absolute atomic E-state index is 0.210. The second kappa shape index (κ2) is 8.29. The van der Waals surface area contributed by atoms with Crippen molar-refractivity contribution in [3.8, 4) is 0 Å². The third-order valence-corrected chi connectivity index (χ3v) is 4.70. The summed E-state index contributed by atoms with van der Waals surface area (Å²) >= 11 is 0. The van der Waals surface area contributed by atoms with Crippen LogP contribution in [0.3, 0.4) is 0 Å². The molecule has 3 rings (SSSR count). The number of anilines is 2. The molecule has 0 saturated carbocycles.